The first kappa shape index (κ1) is 16.5. The Morgan fingerprint density at radius 1 is 1.05 bits per heavy atom. The largest absolute Gasteiger partial charge is 0.371 e. The molecule has 112 valence electrons. The average molecular weight is 346 g/mol. The van der Waals surface area contributed by atoms with E-state index in [0.29, 0.717) is 28.6 Å². The lowest BCUT2D eigenvalue weighted by Crippen LogP contribution is -2.09. The molecule has 2 aromatic rings. The SMILES string of the molecule is CCOC(CC)c1nc(Cl)c(-c2ccccc2Cl)c(Cl)n1. The Morgan fingerprint density at radius 3 is 2.19 bits per heavy atom. The van der Waals surface area contributed by atoms with Crippen LogP contribution in [0.15, 0.2) is 24.3 Å². The van der Waals surface area contributed by atoms with Gasteiger partial charge in [0, 0.05) is 17.2 Å². The third kappa shape index (κ3) is 3.67. The van der Waals surface area contributed by atoms with Crippen LogP contribution >= 0.6 is 34.8 Å². The summed E-state index contributed by atoms with van der Waals surface area (Å²) in [6.45, 7) is 4.49. The third-order valence-corrected chi connectivity index (χ3v) is 3.88. The maximum absolute atomic E-state index is 6.29. The summed E-state index contributed by atoms with van der Waals surface area (Å²) in [5, 5.41) is 1.10. The number of halogens is 3. The number of hydrogen-bond acceptors (Lipinski definition) is 3. The van der Waals surface area contributed by atoms with Crippen LogP contribution in [0.1, 0.15) is 32.2 Å². The number of nitrogens with zero attached hydrogens (tertiary/aromatic N) is 2. The number of hydrogen-bond donors (Lipinski definition) is 0. The molecule has 1 atom stereocenters. The number of aromatic nitrogens is 2. The minimum absolute atomic E-state index is 0.217. The van der Waals surface area contributed by atoms with Crippen molar-refractivity contribution in [2.45, 2.75) is 26.4 Å². The van der Waals surface area contributed by atoms with Crippen molar-refractivity contribution in [3.63, 3.8) is 0 Å². The van der Waals surface area contributed by atoms with Gasteiger partial charge in [0.05, 0.1) is 5.56 Å². The molecule has 1 unspecified atom stereocenters. The van der Waals surface area contributed by atoms with Gasteiger partial charge in [0.25, 0.3) is 0 Å². The first-order chi connectivity index (χ1) is 10.1. The van der Waals surface area contributed by atoms with Gasteiger partial charge in [0.1, 0.15) is 16.4 Å². The summed E-state index contributed by atoms with van der Waals surface area (Å²) in [5.74, 6) is 0.491. The molecule has 0 radical (unpaired) electrons. The molecule has 0 aliphatic rings. The van der Waals surface area contributed by atoms with E-state index in [1.54, 1.807) is 6.07 Å². The topological polar surface area (TPSA) is 35.0 Å². The molecule has 3 nitrogen and oxygen atoms in total. The predicted molar refractivity (Wildman–Crippen MR) is 87.2 cm³/mol. The van der Waals surface area contributed by atoms with Crippen molar-refractivity contribution in [3.05, 3.63) is 45.4 Å². The Balaban J connectivity index is 2.50. The molecule has 1 aromatic carbocycles. The second kappa shape index (κ2) is 7.41. The van der Waals surface area contributed by atoms with Crippen LogP contribution < -0.4 is 0 Å². The molecule has 0 aliphatic carbocycles. The molecular weight excluding hydrogens is 331 g/mol. The number of benzene rings is 1. The van der Waals surface area contributed by atoms with Gasteiger partial charge in [0.2, 0.25) is 0 Å². The smallest absolute Gasteiger partial charge is 0.160 e. The highest BCUT2D eigenvalue weighted by molar-refractivity contribution is 6.40. The van der Waals surface area contributed by atoms with E-state index in [1.807, 2.05) is 32.0 Å². The zero-order chi connectivity index (χ0) is 15.4. The van der Waals surface area contributed by atoms with Gasteiger partial charge in [-0.25, -0.2) is 9.97 Å². The molecule has 0 spiro atoms. The van der Waals surface area contributed by atoms with Crippen LogP contribution in [0.2, 0.25) is 15.3 Å². The van der Waals surface area contributed by atoms with E-state index >= 15 is 0 Å². The molecule has 1 heterocycles. The van der Waals surface area contributed by atoms with Crippen LogP contribution in [-0.2, 0) is 4.74 Å². The molecule has 0 amide bonds. The van der Waals surface area contributed by atoms with Crippen LogP contribution in [0, 0.1) is 0 Å². The minimum atomic E-state index is -0.217. The molecule has 6 heteroatoms. The van der Waals surface area contributed by atoms with Crippen LogP contribution in [0.5, 0.6) is 0 Å². The van der Waals surface area contributed by atoms with Crippen molar-refractivity contribution < 1.29 is 4.74 Å². The molecule has 2 rings (SSSR count). The Bertz CT molecular complexity index is 611. The van der Waals surface area contributed by atoms with Crippen molar-refractivity contribution in [1.82, 2.24) is 9.97 Å². The summed E-state index contributed by atoms with van der Waals surface area (Å²) in [7, 11) is 0. The van der Waals surface area contributed by atoms with Crippen LogP contribution in [-0.4, -0.2) is 16.6 Å². The molecule has 0 N–H and O–H groups in total. The second-order valence-electron chi connectivity index (χ2n) is 4.37. The monoisotopic (exact) mass is 344 g/mol. The molecule has 0 saturated heterocycles. The predicted octanol–water partition coefficient (Wildman–Crippen LogP) is 5.59. The Hall–Kier alpha value is -0.870. The zero-order valence-corrected chi connectivity index (χ0v) is 14.0. The summed E-state index contributed by atoms with van der Waals surface area (Å²) in [6.07, 6.45) is 0.525. The maximum Gasteiger partial charge on any atom is 0.160 e. The van der Waals surface area contributed by atoms with Gasteiger partial charge < -0.3 is 4.74 Å². The fraction of sp³-hybridized carbons (Fsp3) is 0.333. The molecule has 0 saturated carbocycles. The van der Waals surface area contributed by atoms with Crippen molar-refractivity contribution in [1.29, 1.82) is 0 Å². The third-order valence-electron chi connectivity index (χ3n) is 3.01. The molecule has 21 heavy (non-hydrogen) atoms. The molecule has 0 fully saturated rings. The fourth-order valence-electron chi connectivity index (χ4n) is 2.03. The number of ether oxygens (including phenoxy) is 1. The summed E-state index contributed by atoms with van der Waals surface area (Å²) in [6, 6.07) is 7.30. The molecule has 0 bridgehead atoms. The molecule has 0 aliphatic heterocycles. The second-order valence-corrected chi connectivity index (χ2v) is 5.49. The van der Waals surface area contributed by atoms with Crippen molar-refractivity contribution in [3.8, 4) is 11.1 Å². The Kier molecular flexibility index (Phi) is 5.82. The standard InChI is InChI=1S/C15H15Cl3N2O/c1-3-11(21-4-2)15-19-13(17)12(14(18)20-15)9-7-5-6-8-10(9)16/h5-8,11H,3-4H2,1-2H3. The minimum Gasteiger partial charge on any atom is -0.371 e. The number of rotatable bonds is 5. The normalized spacial score (nSPS) is 12.4. The van der Waals surface area contributed by atoms with E-state index < -0.39 is 0 Å². The van der Waals surface area contributed by atoms with Gasteiger partial charge >= 0.3 is 0 Å². The summed E-state index contributed by atoms with van der Waals surface area (Å²) < 4.78 is 5.59. The van der Waals surface area contributed by atoms with E-state index in [1.165, 1.54) is 0 Å². The van der Waals surface area contributed by atoms with Crippen molar-refractivity contribution >= 4 is 34.8 Å². The highest BCUT2D eigenvalue weighted by Crippen LogP contribution is 2.37. The Labute approximate surface area is 139 Å². The zero-order valence-electron chi connectivity index (χ0n) is 11.7. The maximum atomic E-state index is 6.29. The molecule has 1 aromatic heterocycles. The average Bonchev–Trinajstić information content (AvgIpc) is 2.46. The van der Waals surface area contributed by atoms with Crippen LogP contribution in [0.3, 0.4) is 0 Å². The first-order valence-electron chi connectivity index (χ1n) is 6.67. The summed E-state index contributed by atoms with van der Waals surface area (Å²) in [4.78, 5) is 8.65. The quantitative estimate of drug-likeness (QED) is 0.662. The first-order valence-corrected chi connectivity index (χ1v) is 7.81. The van der Waals surface area contributed by atoms with Gasteiger partial charge in [-0.05, 0) is 19.4 Å². The van der Waals surface area contributed by atoms with Crippen molar-refractivity contribution in [2.24, 2.45) is 0 Å². The van der Waals surface area contributed by atoms with Gasteiger partial charge in [-0.3, -0.25) is 0 Å². The van der Waals surface area contributed by atoms with E-state index in [0.717, 1.165) is 6.42 Å². The van der Waals surface area contributed by atoms with Gasteiger partial charge in [0.15, 0.2) is 5.82 Å². The van der Waals surface area contributed by atoms with Crippen molar-refractivity contribution in [2.75, 3.05) is 6.61 Å². The van der Waals surface area contributed by atoms with E-state index in [9.17, 15) is 0 Å². The lowest BCUT2D eigenvalue weighted by Gasteiger charge is -2.16. The summed E-state index contributed by atoms with van der Waals surface area (Å²) >= 11 is 18.8. The Morgan fingerprint density at radius 2 is 1.67 bits per heavy atom. The van der Waals surface area contributed by atoms with E-state index in [4.69, 9.17) is 39.5 Å². The van der Waals surface area contributed by atoms with E-state index in [-0.39, 0.29) is 16.4 Å². The highest BCUT2D eigenvalue weighted by Gasteiger charge is 2.20. The van der Waals surface area contributed by atoms with Gasteiger partial charge in [-0.1, -0.05) is 59.9 Å². The van der Waals surface area contributed by atoms with E-state index in [2.05, 4.69) is 9.97 Å². The molecular formula is C15H15Cl3N2O. The van der Waals surface area contributed by atoms with Gasteiger partial charge in [-0.15, -0.1) is 0 Å². The fourth-order valence-corrected chi connectivity index (χ4v) is 2.86. The summed E-state index contributed by atoms with van der Waals surface area (Å²) in [5.41, 5.74) is 1.25. The van der Waals surface area contributed by atoms with Crippen LogP contribution in [0.4, 0.5) is 0 Å². The lowest BCUT2D eigenvalue weighted by molar-refractivity contribution is 0.0535. The highest BCUT2D eigenvalue weighted by atomic mass is 35.5. The lowest BCUT2D eigenvalue weighted by atomic mass is 10.1. The van der Waals surface area contributed by atoms with Crippen LogP contribution in [0.25, 0.3) is 11.1 Å². The van der Waals surface area contributed by atoms with Gasteiger partial charge in [-0.2, -0.15) is 0 Å².